The Morgan fingerprint density at radius 1 is 0.386 bits per heavy atom. The van der Waals surface area contributed by atoms with E-state index in [1.165, 1.54) is 43.4 Å². The molecule has 0 aliphatic carbocycles. The number of para-hydroxylation sites is 2. The van der Waals surface area contributed by atoms with Crippen molar-refractivity contribution in [3.63, 3.8) is 0 Å². The molecule has 1 aromatic heterocycles. The van der Waals surface area contributed by atoms with Crippen LogP contribution in [0.25, 0.3) is 65.4 Å². The largest absolute Gasteiger partial charge is 0.456 e. The third-order valence-electron chi connectivity index (χ3n) is 8.82. The maximum atomic E-state index is 6.42. The molecule has 2 heteroatoms. The van der Waals surface area contributed by atoms with Crippen LogP contribution in [0.15, 0.2) is 168 Å². The number of anilines is 3. The van der Waals surface area contributed by atoms with E-state index in [0.717, 1.165) is 39.0 Å². The van der Waals surface area contributed by atoms with Crippen molar-refractivity contribution in [2.24, 2.45) is 0 Å². The summed E-state index contributed by atoms with van der Waals surface area (Å²) in [5.74, 6) is 0. The number of furan rings is 1. The van der Waals surface area contributed by atoms with Gasteiger partial charge in [-0.3, -0.25) is 0 Å². The summed E-state index contributed by atoms with van der Waals surface area (Å²) in [5, 5.41) is 9.68. The van der Waals surface area contributed by atoms with Crippen LogP contribution in [-0.2, 0) is 0 Å². The number of benzene rings is 8. The Morgan fingerprint density at radius 3 is 1.91 bits per heavy atom. The third-order valence-corrected chi connectivity index (χ3v) is 8.82. The molecule has 44 heavy (non-hydrogen) atoms. The standard InChI is InChI=1S/C42H27NO/c1-2-11-28(12-3-1)33-15-6-8-18-37(33)43(32-25-26-36-35-17-7-9-20-39(35)44-40(36)27-32)38-19-10-14-30-23-24-31-22-21-29-13-4-5-16-34(29)41(31)42(30)38/h1-27H. The first-order valence-electron chi connectivity index (χ1n) is 15.0. The summed E-state index contributed by atoms with van der Waals surface area (Å²) in [6, 6.07) is 58.6. The molecule has 0 saturated heterocycles. The van der Waals surface area contributed by atoms with Crippen molar-refractivity contribution in [1.29, 1.82) is 0 Å². The highest BCUT2D eigenvalue weighted by molar-refractivity contribution is 6.24. The van der Waals surface area contributed by atoms with Gasteiger partial charge in [-0.25, -0.2) is 0 Å². The van der Waals surface area contributed by atoms with Gasteiger partial charge in [0.05, 0.1) is 11.4 Å². The van der Waals surface area contributed by atoms with Crippen molar-refractivity contribution in [3.05, 3.63) is 164 Å². The van der Waals surface area contributed by atoms with Gasteiger partial charge in [0.2, 0.25) is 0 Å². The zero-order valence-corrected chi connectivity index (χ0v) is 23.9. The highest BCUT2D eigenvalue weighted by Crippen LogP contribution is 2.47. The van der Waals surface area contributed by atoms with Crippen molar-refractivity contribution < 1.29 is 4.42 Å². The SMILES string of the molecule is c1ccc(-c2ccccc2N(c2ccc3c(c2)oc2ccccc23)c2cccc3ccc4ccc5ccccc5c4c23)cc1. The number of nitrogens with zero attached hydrogens (tertiary/aromatic N) is 1. The van der Waals surface area contributed by atoms with Gasteiger partial charge >= 0.3 is 0 Å². The summed E-state index contributed by atoms with van der Waals surface area (Å²) in [5.41, 5.74) is 7.40. The molecular weight excluding hydrogens is 534 g/mol. The topological polar surface area (TPSA) is 16.4 Å². The van der Waals surface area contributed by atoms with Crippen molar-refractivity contribution in [2.75, 3.05) is 4.90 Å². The second kappa shape index (κ2) is 9.86. The lowest BCUT2D eigenvalue weighted by atomic mass is 9.94. The summed E-state index contributed by atoms with van der Waals surface area (Å²) in [6.07, 6.45) is 0. The molecule has 0 aliphatic heterocycles. The summed E-state index contributed by atoms with van der Waals surface area (Å²) < 4.78 is 6.42. The summed E-state index contributed by atoms with van der Waals surface area (Å²) in [7, 11) is 0. The van der Waals surface area contributed by atoms with E-state index in [0.29, 0.717) is 0 Å². The van der Waals surface area contributed by atoms with E-state index in [2.05, 4.69) is 157 Å². The summed E-state index contributed by atoms with van der Waals surface area (Å²) in [4.78, 5) is 2.42. The molecule has 206 valence electrons. The molecule has 0 saturated carbocycles. The van der Waals surface area contributed by atoms with E-state index in [1.807, 2.05) is 12.1 Å². The molecule has 0 fully saturated rings. The van der Waals surface area contributed by atoms with Crippen LogP contribution in [0.3, 0.4) is 0 Å². The van der Waals surface area contributed by atoms with Crippen LogP contribution < -0.4 is 4.90 Å². The predicted octanol–water partition coefficient (Wildman–Crippen LogP) is 12.2. The minimum atomic E-state index is 0.876. The lowest BCUT2D eigenvalue weighted by molar-refractivity contribution is 0.669. The van der Waals surface area contributed by atoms with E-state index in [4.69, 9.17) is 4.42 Å². The lowest BCUT2D eigenvalue weighted by Gasteiger charge is -2.29. The second-order valence-corrected chi connectivity index (χ2v) is 11.3. The fourth-order valence-corrected chi connectivity index (χ4v) is 6.83. The average molecular weight is 562 g/mol. The van der Waals surface area contributed by atoms with Crippen molar-refractivity contribution in [3.8, 4) is 11.1 Å². The van der Waals surface area contributed by atoms with Gasteiger partial charge in [0.15, 0.2) is 0 Å². The average Bonchev–Trinajstić information content (AvgIpc) is 3.47. The van der Waals surface area contributed by atoms with Crippen molar-refractivity contribution in [1.82, 2.24) is 0 Å². The van der Waals surface area contributed by atoms with Crippen LogP contribution in [-0.4, -0.2) is 0 Å². The Labute approximate surface area is 255 Å². The highest BCUT2D eigenvalue weighted by atomic mass is 16.3. The van der Waals surface area contributed by atoms with E-state index in [-0.39, 0.29) is 0 Å². The Morgan fingerprint density at radius 2 is 1.02 bits per heavy atom. The molecular formula is C42H27NO. The molecule has 0 atom stereocenters. The molecule has 1 heterocycles. The number of rotatable bonds is 4. The maximum absolute atomic E-state index is 6.42. The van der Waals surface area contributed by atoms with Gasteiger partial charge in [-0.15, -0.1) is 0 Å². The van der Waals surface area contributed by atoms with Gasteiger partial charge in [-0.1, -0.05) is 127 Å². The molecule has 0 radical (unpaired) electrons. The molecule has 0 aliphatic rings. The highest BCUT2D eigenvalue weighted by Gasteiger charge is 2.22. The molecule has 0 N–H and O–H groups in total. The van der Waals surface area contributed by atoms with Crippen LogP contribution >= 0.6 is 0 Å². The number of hydrogen-bond donors (Lipinski definition) is 0. The minimum Gasteiger partial charge on any atom is -0.456 e. The van der Waals surface area contributed by atoms with Gasteiger partial charge in [0, 0.05) is 33.5 Å². The molecule has 9 aromatic rings. The molecule has 9 rings (SSSR count). The van der Waals surface area contributed by atoms with Gasteiger partial charge in [0.1, 0.15) is 11.2 Å². The van der Waals surface area contributed by atoms with E-state index >= 15 is 0 Å². The van der Waals surface area contributed by atoms with Gasteiger partial charge in [-0.2, -0.15) is 0 Å². The lowest BCUT2D eigenvalue weighted by Crippen LogP contribution is -2.12. The molecule has 0 unspecified atom stereocenters. The number of hydrogen-bond acceptors (Lipinski definition) is 2. The van der Waals surface area contributed by atoms with Gasteiger partial charge in [-0.05, 0) is 62.8 Å². The molecule has 8 aromatic carbocycles. The quantitative estimate of drug-likeness (QED) is 0.199. The monoisotopic (exact) mass is 561 g/mol. The van der Waals surface area contributed by atoms with Crippen molar-refractivity contribution >= 4 is 71.3 Å². The Balaban J connectivity index is 1.41. The summed E-state index contributed by atoms with van der Waals surface area (Å²) in [6.45, 7) is 0. The van der Waals surface area contributed by atoms with Crippen LogP contribution in [0.4, 0.5) is 17.1 Å². The molecule has 0 bridgehead atoms. The Hall–Kier alpha value is -5.86. The molecule has 0 amide bonds. The fourth-order valence-electron chi connectivity index (χ4n) is 6.83. The van der Waals surface area contributed by atoms with Crippen LogP contribution in [0.1, 0.15) is 0 Å². The maximum Gasteiger partial charge on any atom is 0.137 e. The Bertz CT molecular complexity index is 2500. The van der Waals surface area contributed by atoms with Crippen LogP contribution in [0.2, 0.25) is 0 Å². The van der Waals surface area contributed by atoms with Gasteiger partial charge < -0.3 is 9.32 Å². The Kier molecular flexibility index (Phi) is 5.54. The predicted molar refractivity (Wildman–Crippen MR) is 186 cm³/mol. The van der Waals surface area contributed by atoms with E-state index in [9.17, 15) is 0 Å². The van der Waals surface area contributed by atoms with E-state index < -0.39 is 0 Å². The third kappa shape index (κ3) is 3.82. The fraction of sp³-hybridized carbons (Fsp3) is 0. The van der Waals surface area contributed by atoms with Crippen LogP contribution in [0, 0.1) is 0 Å². The van der Waals surface area contributed by atoms with Crippen LogP contribution in [0.5, 0.6) is 0 Å². The summed E-state index contributed by atoms with van der Waals surface area (Å²) >= 11 is 0. The number of fused-ring (bicyclic) bond motifs is 8. The first-order chi connectivity index (χ1) is 21.8. The first-order valence-corrected chi connectivity index (χ1v) is 15.0. The molecule has 2 nitrogen and oxygen atoms in total. The smallest absolute Gasteiger partial charge is 0.137 e. The minimum absolute atomic E-state index is 0.876. The van der Waals surface area contributed by atoms with Crippen molar-refractivity contribution in [2.45, 2.75) is 0 Å². The molecule has 0 spiro atoms. The zero-order chi connectivity index (χ0) is 29.0. The van der Waals surface area contributed by atoms with Gasteiger partial charge in [0.25, 0.3) is 0 Å². The second-order valence-electron chi connectivity index (χ2n) is 11.3. The normalized spacial score (nSPS) is 11.6. The van der Waals surface area contributed by atoms with E-state index in [1.54, 1.807) is 0 Å². The first kappa shape index (κ1) is 24.7. The zero-order valence-electron chi connectivity index (χ0n) is 23.9.